The highest BCUT2D eigenvalue weighted by Gasteiger charge is 2.47. The molecule has 1 aliphatic rings. The normalized spacial score (nSPS) is 19.9. The first-order chi connectivity index (χ1) is 18.3. The number of para-hydroxylation sites is 2. The van der Waals surface area contributed by atoms with Gasteiger partial charge >= 0.3 is 12.1 Å². The van der Waals surface area contributed by atoms with E-state index in [1.54, 1.807) is 39.7 Å². The molecule has 0 unspecified atom stereocenters. The second kappa shape index (κ2) is 12.4. The Morgan fingerprint density at radius 3 is 2.51 bits per heavy atom. The number of benzene rings is 1. The fraction of sp³-hybridized carbons (Fsp3) is 0.655. The predicted octanol–water partition coefficient (Wildman–Crippen LogP) is 4.66. The van der Waals surface area contributed by atoms with E-state index in [0.29, 0.717) is 25.5 Å². The highest BCUT2D eigenvalue weighted by Crippen LogP contribution is 2.34. The largest absolute Gasteiger partial charge is 0.481 e. The number of hydrogen-bond donors (Lipinski definition) is 1. The third-order valence-electron chi connectivity index (χ3n) is 6.91. The molecular formula is C29H44N4O6. The first-order valence-electron chi connectivity index (χ1n) is 13.7. The Kier molecular flexibility index (Phi) is 9.64. The van der Waals surface area contributed by atoms with Crippen LogP contribution in [0.4, 0.5) is 4.79 Å². The molecule has 2 aromatic rings. The van der Waals surface area contributed by atoms with Gasteiger partial charge in [0.25, 0.3) is 5.91 Å². The minimum absolute atomic E-state index is 0.00939. The van der Waals surface area contributed by atoms with Crippen molar-refractivity contribution in [1.29, 1.82) is 0 Å². The third kappa shape index (κ3) is 7.50. The number of carboxylic acid groups (broad SMARTS) is 1. The quantitative estimate of drug-likeness (QED) is 0.433. The topological polar surface area (TPSA) is 114 Å². The molecule has 1 N–H and O–H groups in total. The van der Waals surface area contributed by atoms with Gasteiger partial charge in [-0.2, -0.15) is 0 Å². The van der Waals surface area contributed by atoms with Crippen molar-refractivity contribution in [3.63, 3.8) is 0 Å². The highest BCUT2D eigenvalue weighted by molar-refractivity contribution is 5.95. The van der Waals surface area contributed by atoms with Crippen LogP contribution in [0.5, 0.6) is 0 Å². The van der Waals surface area contributed by atoms with Crippen LogP contribution >= 0.6 is 0 Å². The van der Waals surface area contributed by atoms with Crippen LogP contribution in [0, 0.1) is 11.3 Å². The Labute approximate surface area is 231 Å². The number of imidazole rings is 1. The number of aliphatic carboxylic acids is 1. The second-order valence-corrected chi connectivity index (χ2v) is 12.2. The Morgan fingerprint density at radius 2 is 1.90 bits per heavy atom. The van der Waals surface area contributed by atoms with Gasteiger partial charge in [0.15, 0.2) is 5.82 Å². The van der Waals surface area contributed by atoms with Crippen LogP contribution in [0.25, 0.3) is 11.0 Å². The van der Waals surface area contributed by atoms with Crippen LogP contribution < -0.4 is 0 Å². The molecule has 0 saturated carbocycles. The number of carboxylic acids is 1. The van der Waals surface area contributed by atoms with Crippen LogP contribution in [-0.4, -0.2) is 87.4 Å². The average molecular weight is 545 g/mol. The number of unbranched alkanes of at least 4 members (excludes halogenated alkanes) is 1. The van der Waals surface area contributed by atoms with Gasteiger partial charge in [-0.05, 0) is 65.0 Å². The van der Waals surface area contributed by atoms with Gasteiger partial charge in [0.05, 0.1) is 22.5 Å². The van der Waals surface area contributed by atoms with E-state index in [9.17, 15) is 19.5 Å². The van der Waals surface area contributed by atoms with E-state index in [4.69, 9.17) is 14.5 Å². The van der Waals surface area contributed by atoms with Crippen LogP contribution in [-0.2, 0) is 20.8 Å². The lowest BCUT2D eigenvalue weighted by molar-refractivity contribution is -0.152. The standard InChI is InChI=1S/C29H44N4O6/c1-20(2)17-33(21-16-29(6,26(35)36)19-31(18-21)27(37)39-28(3,4)5)25(34)24-30-22-12-8-9-13-23(22)32(24)14-10-11-15-38-7/h8-9,12-13,20-21H,10-11,14-19H2,1-7H3,(H,35,36)/t21-,29+/m0/s1. The highest BCUT2D eigenvalue weighted by atomic mass is 16.6. The zero-order valence-corrected chi connectivity index (χ0v) is 24.4. The van der Waals surface area contributed by atoms with E-state index in [2.05, 4.69) is 0 Å². The summed E-state index contributed by atoms with van der Waals surface area (Å²) >= 11 is 0. The monoisotopic (exact) mass is 544 g/mol. The molecule has 1 saturated heterocycles. The lowest BCUT2D eigenvalue weighted by atomic mass is 9.79. The number of nitrogens with zero attached hydrogens (tertiary/aromatic N) is 4. The number of carbonyl (C=O) groups is 3. The summed E-state index contributed by atoms with van der Waals surface area (Å²) in [7, 11) is 1.67. The summed E-state index contributed by atoms with van der Waals surface area (Å²) in [5.74, 6) is -0.847. The maximum atomic E-state index is 14.3. The molecule has 2 amide bonds. The zero-order chi connectivity index (χ0) is 29.0. The summed E-state index contributed by atoms with van der Waals surface area (Å²) < 4.78 is 12.7. The van der Waals surface area contributed by atoms with E-state index in [1.165, 1.54) is 4.90 Å². The number of rotatable bonds is 10. The van der Waals surface area contributed by atoms with Crippen molar-refractivity contribution in [3.8, 4) is 0 Å². The first-order valence-corrected chi connectivity index (χ1v) is 13.7. The van der Waals surface area contributed by atoms with Crippen molar-refractivity contribution in [2.45, 2.75) is 79.0 Å². The van der Waals surface area contributed by atoms with Gasteiger partial charge in [-0.25, -0.2) is 9.78 Å². The molecule has 1 aromatic carbocycles. The molecule has 0 spiro atoms. The second-order valence-electron chi connectivity index (χ2n) is 12.2. The maximum absolute atomic E-state index is 14.3. The minimum atomic E-state index is -1.24. The number of methoxy groups -OCH3 is 1. The van der Waals surface area contributed by atoms with Gasteiger partial charge in [-0.1, -0.05) is 26.0 Å². The predicted molar refractivity (Wildman–Crippen MR) is 149 cm³/mol. The molecule has 10 heteroatoms. The number of amides is 2. The Morgan fingerprint density at radius 1 is 1.21 bits per heavy atom. The van der Waals surface area contributed by atoms with Gasteiger partial charge in [-0.15, -0.1) is 0 Å². The molecule has 2 atom stereocenters. The fourth-order valence-electron chi connectivity index (χ4n) is 5.12. The third-order valence-corrected chi connectivity index (χ3v) is 6.91. The molecule has 216 valence electrons. The number of piperidine rings is 1. The van der Waals surface area contributed by atoms with Crippen molar-refractivity contribution >= 4 is 29.0 Å². The van der Waals surface area contributed by atoms with Crippen LogP contribution in [0.3, 0.4) is 0 Å². The Bertz CT molecular complexity index is 1170. The molecule has 10 nitrogen and oxygen atoms in total. The minimum Gasteiger partial charge on any atom is -0.481 e. The van der Waals surface area contributed by atoms with Gasteiger partial charge in [0, 0.05) is 39.9 Å². The van der Waals surface area contributed by atoms with Crippen molar-refractivity contribution < 1.29 is 29.0 Å². The number of carbonyl (C=O) groups excluding carboxylic acids is 2. The SMILES string of the molecule is COCCCCn1c(C(=O)N(CC(C)C)[C@@H]2CN(C(=O)OC(C)(C)C)C[C@](C)(C(=O)O)C2)nc2ccccc21. The summed E-state index contributed by atoms with van der Waals surface area (Å²) in [6, 6.07) is 7.13. The summed E-state index contributed by atoms with van der Waals surface area (Å²) in [6.45, 7) is 12.8. The van der Waals surface area contributed by atoms with Crippen molar-refractivity contribution in [2.24, 2.45) is 11.3 Å². The smallest absolute Gasteiger partial charge is 0.410 e. The van der Waals surface area contributed by atoms with E-state index >= 15 is 0 Å². The fourth-order valence-corrected chi connectivity index (χ4v) is 5.12. The molecule has 1 aromatic heterocycles. The van der Waals surface area contributed by atoms with Crippen molar-refractivity contribution in [1.82, 2.24) is 19.4 Å². The lowest BCUT2D eigenvalue weighted by Gasteiger charge is -2.46. The van der Waals surface area contributed by atoms with Gasteiger partial charge in [0.2, 0.25) is 0 Å². The van der Waals surface area contributed by atoms with Gasteiger partial charge in [-0.3, -0.25) is 9.59 Å². The number of aromatic nitrogens is 2. The number of fused-ring (bicyclic) bond motifs is 1. The molecule has 0 radical (unpaired) electrons. The zero-order valence-electron chi connectivity index (χ0n) is 24.4. The number of aryl methyl sites for hydroxylation is 1. The Balaban J connectivity index is 2.01. The van der Waals surface area contributed by atoms with Gasteiger partial charge < -0.3 is 28.9 Å². The van der Waals surface area contributed by atoms with E-state index in [1.807, 2.05) is 42.7 Å². The molecule has 2 heterocycles. The van der Waals surface area contributed by atoms with Crippen molar-refractivity contribution in [2.75, 3.05) is 33.4 Å². The van der Waals surface area contributed by atoms with Crippen molar-refractivity contribution in [3.05, 3.63) is 30.1 Å². The summed E-state index contributed by atoms with van der Waals surface area (Å²) in [4.78, 5) is 47.6. The molecule has 0 bridgehead atoms. The number of ether oxygens (including phenoxy) is 2. The summed E-state index contributed by atoms with van der Waals surface area (Å²) in [5.41, 5.74) is -0.371. The average Bonchev–Trinajstić information content (AvgIpc) is 3.21. The molecule has 3 rings (SSSR count). The van der Waals surface area contributed by atoms with Gasteiger partial charge in [0.1, 0.15) is 5.60 Å². The Hall–Kier alpha value is -3.14. The van der Waals surface area contributed by atoms with Crippen LogP contribution in [0.1, 0.15) is 71.4 Å². The molecule has 39 heavy (non-hydrogen) atoms. The first kappa shape index (κ1) is 30.4. The van der Waals surface area contributed by atoms with Crippen LogP contribution in [0.15, 0.2) is 24.3 Å². The number of hydrogen-bond acceptors (Lipinski definition) is 6. The molecular weight excluding hydrogens is 500 g/mol. The molecule has 1 aliphatic heterocycles. The van der Waals surface area contributed by atoms with E-state index < -0.39 is 29.1 Å². The lowest BCUT2D eigenvalue weighted by Crippen LogP contribution is -2.60. The van der Waals surface area contributed by atoms with E-state index in [0.717, 1.165) is 23.9 Å². The molecule has 0 aliphatic carbocycles. The molecule has 1 fully saturated rings. The summed E-state index contributed by atoms with van der Waals surface area (Å²) in [5, 5.41) is 10.1. The number of likely N-dealkylation sites (tertiary alicyclic amines) is 1. The summed E-state index contributed by atoms with van der Waals surface area (Å²) in [6.07, 6.45) is 1.29. The van der Waals surface area contributed by atoms with Crippen LogP contribution in [0.2, 0.25) is 0 Å². The van der Waals surface area contributed by atoms with E-state index in [-0.39, 0.29) is 31.3 Å². The maximum Gasteiger partial charge on any atom is 0.410 e.